The van der Waals surface area contributed by atoms with Gasteiger partial charge in [0, 0.05) is 35.6 Å². The number of hydrogen-bond acceptors (Lipinski definition) is 4. The Balaban J connectivity index is 0.00000169. The molecule has 1 aliphatic rings. The minimum atomic E-state index is -0.0136. The van der Waals surface area contributed by atoms with Crippen LogP contribution in [0.2, 0.25) is 5.02 Å². The first-order valence-electron chi connectivity index (χ1n) is 7.99. The topological polar surface area (TPSA) is 77.2 Å². The van der Waals surface area contributed by atoms with E-state index in [0.29, 0.717) is 23.1 Å². The molecule has 1 aromatic carbocycles. The largest absolute Gasteiger partial charge is 0.487 e. The van der Waals surface area contributed by atoms with Crippen molar-refractivity contribution in [2.24, 2.45) is 11.7 Å². The zero-order valence-electron chi connectivity index (χ0n) is 14.1. The van der Waals surface area contributed by atoms with Crippen LogP contribution in [0.1, 0.15) is 24.8 Å². The summed E-state index contributed by atoms with van der Waals surface area (Å²) in [6.07, 6.45) is 5.94. The van der Waals surface area contributed by atoms with Gasteiger partial charge in [0.15, 0.2) is 0 Å². The molecule has 0 aliphatic heterocycles. The van der Waals surface area contributed by atoms with Crippen molar-refractivity contribution in [1.29, 1.82) is 0 Å². The molecule has 142 valence electrons. The first kappa shape index (κ1) is 22.5. The van der Waals surface area contributed by atoms with Crippen molar-refractivity contribution < 1.29 is 9.53 Å². The van der Waals surface area contributed by atoms with Gasteiger partial charge in [-0.25, -0.2) is 0 Å². The number of nitrogens with one attached hydrogen (secondary N) is 1. The summed E-state index contributed by atoms with van der Waals surface area (Å²) in [4.78, 5) is 16.3. The number of nitrogens with two attached hydrogens (primary N) is 1. The third-order valence-corrected chi connectivity index (χ3v) is 4.46. The monoisotopic (exact) mass is 417 g/mol. The maximum Gasteiger partial charge on any atom is 0.227 e. The Morgan fingerprint density at radius 2 is 2.12 bits per heavy atom. The van der Waals surface area contributed by atoms with Crippen LogP contribution < -0.4 is 15.8 Å². The molecule has 0 bridgehead atoms. The molecule has 1 heterocycles. The van der Waals surface area contributed by atoms with Crippen molar-refractivity contribution in [2.45, 2.75) is 31.9 Å². The molecule has 1 amide bonds. The van der Waals surface area contributed by atoms with Crippen molar-refractivity contribution in [3.63, 3.8) is 0 Å². The van der Waals surface area contributed by atoms with Crippen molar-refractivity contribution in [3.8, 4) is 5.75 Å². The lowest BCUT2D eigenvalue weighted by molar-refractivity contribution is -0.119. The first-order chi connectivity index (χ1) is 11.6. The van der Waals surface area contributed by atoms with E-state index in [4.69, 9.17) is 22.1 Å². The van der Waals surface area contributed by atoms with E-state index in [1.807, 2.05) is 12.1 Å². The van der Waals surface area contributed by atoms with Crippen molar-refractivity contribution in [3.05, 3.63) is 53.3 Å². The highest BCUT2D eigenvalue weighted by Gasteiger charge is 2.27. The van der Waals surface area contributed by atoms with Crippen LogP contribution in [0.3, 0.4) is 0 Å². The van der Waals surface area contributed by atoms with E-state index in [0.717, 1.165) is 24.8 Å². The molecule has 0 spiro atoms. The molecule has 0 saturated heterocycles. The standard InChI is InChI=1S/C18H20ClN3O2.2ClH/c19-16-9-15(22-18(23)13-3-4-14(20)8-13)5-6-17(16)24-11-12-2-1-7-21-10-12;;/h1-2,5-7,9-10,13-14H,3-4,8,11,20H2,(H,22,23);2*1H. The number of carbonyl (C=O) groups excluding carboxylic acids is 1. The van der Waals surface area contributed by atoms with Crippen LogP contribution in [0.5, 0.6) is 5.75 Å². The first-order valence-corrected chi connectivity index (χ1v) is 8.37. The quantitative estimate of drug-likeness (QED) is 0.762. The number of carbonyl (C=O) groups is 1. The predicted octanol–water partition coefficient (Wildman–Crippen LogP) is 4.22. The van der Waals surface area contributed by atoms with E-state index < -0.39 is 0 Å². The van der Waals surface area contributed by atoms with Gasteiger partial charge >= 0.3 is 0 Å². The number of aromatic nitrogens is 1. The van der Waals surface area contributed by atoms with Gasteiger partial charge in [-0.2, -0.15) is 0 Å². The average molecular weight is 419 g/mol. The number of halogens is 3. The highest BCUT2D eigenvalue weighted by molar-refractivity contribution is 6.32. The number of pyridine rings is 1. The Labute approximate surface area is 170 Å². The molecular formula is C18H22Cl3N3O2. The smallest absolute Gasteiger partial charge is 0.227 e. The lowest BCUT2D eigenvalue weighted by Gasteiger charge is -2.13. The van der Waals surface area contributed by atoms with Crippen molar-refractivity contribution in [1.82, 2.24) is 4.98 Å². The maximum atomic E-state index is 12.2. The van der Waals surface area contributed by atoms with Crippen molar-refractivity contribution >= 4 is 48.0 Å². The molecule has 2 aromatic rings. The third kappa shape index (κ3) is 6.02. The van der Waals surface area contributed by atoms with Gasteiger partial charge in [-0.1, -0.05) is 17.7 Å². The van der Waals surface area contributed by atoms with E-state index in [1.54, 1.807) is 30.6 Å². The molecule has 1 fully saturated rings. The number of amides is 1. The Bertz CT molecular complexity index is 716. The number of rotatable bonds is 5. The highest BCUT2D eigenvalue weighted by Crippen LogP contribution is 2.30. The molecule has 3 N–H and O–H groups in total. The molecule has 1 aromatic heterocycles. The second kappa shape index (κ2) is 10.6. The average Bonchev–Trinajstić information content (AvgIpc) is 3.02. The van der Waals surface area contributed by atoms with Crippen LogP contribution in [-0.2, 0) is 11.4 Å². The number of hydrogen-bond donors (Lipinski definition) is 2. The van der Waals surface area contributed by atoms with Gasteiger partial charge in [-0.05, 0) is 43.5 Å². The summed E-state index contributed by atoms with van der Waals surface area (Å²) < 4.78 is 5.70. The van der Waals surface area contributed by atoms with Gasteiger partial charge < -0.3 is 15.8 Å². The second-order valence-electron chi connectivity index (χ2n) is 6.05. The Hall–Kier alpha value is -1.53. The Morgan fingerprint density at radius 1 is 1.31 bits per heavy atom. The van der Waals surface area contributed by atoms with E-state index >= 15 is 0 Å². The zero-order valence-corrected chi connectivity index (χ0v) is 16.4. The van der Waals surface area contributed by atoms with E-state index in [-0.39, 0.29) is 42.7 Å². The molecule has 2 unspecified atom stereocenters. The Kier molecular flexibility index (Phi) is 9.16. The minimum Gasteiger partial charge on any atom is -0.487 e. The molecule has 5 nitrogen and oxygen atoms in total. The van der Waals surface area contributed by atoms with Crippen LogP contribution in [-0.4, -0.2) is 16.9 Å². The summed E-state index contributed by atoms with van der Waals surface area (Å²) in [5, 5.41) is 3.36. The second-order valence-corrected chi connectivity index (χ2v) is 6.46. The molecule has 0 radical (unpaired) electrons. The predicted molar refractivity (Wildman–Crippen MR) is 108 cm³/mol. The zero-order chi connectivity index (χ0) is 16.9. The summed E-state index contributed by atoms with van der Waals surface area (Å²) in [6, 6.07) is 9.17. The molecule has 2 atom stereocenters. The third-order valence-electron chi connectivity index (χ3n) is 4.16. The number of benzene rings is 1. The van der Waals surface area contributed by atoms with E-state index in [9.17, 15) is 4.79 Å². The van der Waals surface area contributed by atoms with Gasteiger partial charge in [-0.3, -0.25) is 9.78 Å². The molecular weight excluding hydrogens is 397 g/mol. The fourth-order valence-electron chi connectivity index (χ4n) is 2.84. The van der Waals surface area contributed by atoms with E-state index in [2.05, 4.69) is 10.3 Å². The van der Waals surface area contributed by atoms with Gasteiger partial charge in [0.1, 0.15) is 12.4 Å². The van der Waals surface area contributed by atoms with Gasteiger partial charge in [0.25, 0.3) is 0 Å². The SMILES string of the molecule is Cl.Cl.NC1CCC(C(=O)Nc2ccc(OCc3cccnc3)c(Cl)c2)C1. The minimum absolute atomic E-state index is 0. The number of nitrogens with zero attached hydrogens (tertiary/aromatic N) is 1. The van der Waals surface area contributed by atoms with Crippen LogP contribution in [0, 0.1) is 5.92 Å². The summed E-state index contributed by atoms with van der Waals surface area (Å²) in [5.74, 6) is 0.560. The van der Waals surface area contributed by atoms with Crippen molar-refractivity contribution in [2.75, 3.05) is 5.32 Å². The summed E-state index contributed by atoms with van der Waals surface area (Å²) >= 11 is 6.25. The van der Waals surface area contributed by atoms with Crippen LogP contribution in [0.25, 0.3) is 0 Å². The number of anilines is 1. The van der Waals surface area contributed by atoms with E-state index in [1.165, 1.54) is 0 Å². The molecule has 3 rings (SSSR count). The fraction of sp³-hybridized carbons (Fsp3) is 0.333. The summed E-state index contributed by atoms with van der Waals surface area (Å²) in [6.45, 7) is 0.388. The lowest BCUT2D eigenvalue weighted by atomic mass is 10.1. The molecule has 8 heteroatoms. The molecule has 26 heavy (non-hydrogen) atoms. The van der Waals surface area contributed by atoms with Gasteiger partial charge in [0.2, 0.25) is 5.91 Å². The molecule has 1 saturated carbocycles. The van der Waals surface area contributed by atoms with Gasteiger partial charge in [-0.15, -0.1) is 24.8 Å². The fourth-order valence-corrected chi connectivity index (χ4v) is 3.07. The van der Waals surface area contributed by atoms with Crippen LogP contribution in [0.15, 0.2) is 42.7 Å². The molecule has 1 aliphatic carbocycles. The number of ether oxygens (including phenoxy) is 1. The van der Waals surface area contributed by atoms with Gasteiger partial charge in [0.05, 0.1) is 5.02 Å². The maximum absolute atomic E-state index is 12.2. The van der Waals surface area contributed by atoms with Crippen LogP contribution >= 0.6 is 36.4 Å². The van der Waals surface area contributed by atoms with Crippen LogP contribution in [0.4, 0.5) is 5.69 Å². The summed E-state index contributed by atoms with van der Waals surface area (Å²) in [7, 11) is 0. The highest BCUT2D eigenvalue weighted by atomic mass is 35.5. The lowest BCUT2D eigenvalue weighted by Crippen LogP contribution is -2.23. The summed E-state index contributed by atoms with van der Waals surface area (Å²) in [5.41, 5.74) is 7.49. The Morgan fingerprint density at radius 3 is 2.73 bits per heavy atom. The normalized spacial score (nSPS) is 18.4.